The molecule has 18 heavy (non-hydrogen) atoms. The van der Waals surface area contributed by atoms with E-state index in [0.717, 1.165) is 30.9 Å². The number of nitrogen functional groups attached to an aromatic ring is 1. The van der Waals surface area contributed by atoms with Gasteiger partial charge in [-0.3, -0.25) is 4.79 Å². The van der Waals surface area contributed by atoms with Gasteiger partial charge in [-0.1, -0.05) is 12.8 Å². The minimum absolute atomic E-state index is 0.0201. The van der Waals surface area contributed by atoms with E-state index in [-0.39, 0.29) is 11.9 Å². The lowest BCUT2D eigenvalue weighted by molar-refractivity contribution is 0.0928. The molecule has 0 bridgehead atoms. The summed E-state index contributed by atoms with van der Waals surface area (Å²) in [6.07, 6.45) is 7.96. The van der Waals surface area contributed by atoms with Gasteiger partial charge >= 0.3 is 0 Å². The van der Waals surface area contributed by atoms with E-state index in [1.165, 1.54) is 12.8 Å². The fourth-order valence-corrected chi connectivity index (χ4v) is 2.55. The van der Waals surface area contributed by atoms with Crippen LogP contribution >= 0.6 is 0 Å². The van der Waals surface area contributed by atoms with Crippen LogP contribution in [0.25, 0.3) is 0 Å². The maximum atomic E-state index is 12.2. The molecule has 1 heterocycles. The predicted molar refractivity (Wildman–Crippen MR) is 71.4 cm³/mol. The minimum atomic E-state index is 0.0201. The SMILES string of the molecule is CC(CC1CC1)NC(=O)c1cc(N)cn1C1CC1. The van der Waals surface area contributed by atoms with Crippen molar-refractivity contribution in [3.05, 3.63) is 18.0 Å². The Labute approximate surface area is 108 Å². The average molecular weight is 247 g/mol. The monoisotopic (exact) mass is 247 g/mol. The van der Waals surface area contributed by atoms with Crippen LogP contribution in [0.1, 0.15) is 55.6 Å². The zero-order valence-corrected chi connectivity index (χ0v) is 10.9. The lowest BCUT2D eigenvalue weighted by atomic mass is 10.1. The number of aromatic nitrogens is 1. The molecule has 1 aromatic heterocycles. The summed E-state index contributed by atoms with van der Waals surface area (Å²) in [5.74, 6) is 0.854. The van der Waals surface area contributed by atoms with E-state index in [1.54, 1.807) is 6.07 Å². The number of nitrogens with zero attached hydrogens (tertiary/aromatic N) is 1. The van der Waals surface area contributed by atoms with Crippen molar-refractivity contribution in [1.29, 1.82) is 0 Å². The fourth-order valence-electron chi connectivity index (χ4n) is 2.55. The van der Waals surface area contributed by atoms with Crippen molar-refractivity contribution in [2.45, 2.75) is 51.1 Å². The second-order valence-electron chi connectivity index (χ2n) is 5.85. The number of anilines is 1. The zero-order valence-electron chi connectivity index (χ0n) is 10.9. The molecule has 3 rings (SSSR count). The van der Waals surface area contributed by atoms with E-state index in [4.69, 9.17) is 5.73 Å². The van der Waals surface area contributed by atoms with Crippen LogP contribution < -0.4 is 11.1 Å². The Balaban J connectivity index is 1.66. The Morgan fingerprint density at radius 3 is 2.83 bits per heavy atom. The molecule has 0 aromatic carbocycles. The van der Waals surface area contributed by atoms with Crippen molar-refractivity contribution in [1.82, 2.24) is 9.88 Å². The average Bonchev–Trinajstić information content (AvgIpc) is 3.19. The third-order valence-corrected chi connectivity index (χ3v) is 3.80. The van der Waals surface area contributed by atoms with Crippen LogP contribution in [0, 0.1) is 5.92 Å². The number of hydrogen-bond donors (Lipinski definition) is 2. The van der Waals surface area contributed by atoms with Gasteiger partial charge in [0.05, 0.1) is 5.69 Å². The van der Waals surface area contributed by atoms with Crippen molar-refractivity contribution < 1.29 is 4.79 Å². The molecular formula is C14H21N3O. The number of amides is 1. The molecule has 98 valence electrons. The van der Waals surface area contributed by atoms with Crippen molar-refractivity contribution in [3.8, 4) is 0 Å². The molecule has 1 aromatic rings. The molecule has 2 aliphatic rings. The standard InChI is InChI=1S/C14H21N3O/c1-9(6-10-2-3-10)16-14(18)13-7-11(15)8-17(13)12-4-5-12/h7-10,12H,2-6,15H2,1H3,(H,16,18). The smallest absolute Gasteiger partial charge is 0.268 e. The molecular weight excluding hydrogens is 226 g/mol. The van der Waals surface area contributed by atoms with E-state index in [2.05, 4.69) is 12.2 Å². The van der Waals surface area contributed by atoms with Gasteiger partial charge in [-0.05, 0) is 38.2 Å². The molecule has 0 radical (unpaired) electrons. The number of hydrogen-bond acceptors (Lipinski definition) is 2. The van der Waals surface area contributed by atoms with E-state index in [0.29, 0.717) is 11.7 Å². The Morgan fingerprint density at radius 2 is 2.22 bits per heavy atom. The highest BCUT2D eigenvalue weighted by Gasteiger charge is 2.29. The van der Waals surface area contributed by atoms with E-state index < -0.39 is 0 Å². The van der Waals surface area contributed by atoms with Gasteiger partial charge in [0.2, 0.25) is 0 Å². The topological polar surface area (TPSA) is 60.1 Å². The lowest BCUT2D eigenvalue weighted by Crippen LogP contribution is -2.34. The lowest BCUT2D eigenvalue weighted by Gasteiger charge is -2.14. The normalized spacial score (nSPS) is 20.7. The van der Waals surface area contributed by atoms with Crippen LogP contribution in [0.3, 0.4) is 0 Å². The van der Waals surface area contributed by atoms with Gasteiger partial charge in [-0.2, -0.15) is 0 Å². The molecule has 0 spiro atoms. The van der Waals surface area contributed by atoms with Gasteiger partial charge in [0, 0.05) is 18.3 Å². The summed E-state index contributed by atoms with van der Waals surface area (Å²) in [4.78, 5) is 12.2. The number of carbonyl (C=O) groups is 1. The first-order valence-electron chi connectivity index (χ1n) is 6.91. The summed E-state index contributed by atoms with van der Waals surface area (Å²) >= 11 is 0. The third-order valence-electron chi connectivity index (χ3n) is 3.80. The van der Waals surface area contributed by atoms with Crippen molar-refractivity contribution >= 4 is 11.6 Å². The Kier molecular flexibility index (Phi) is 2.80. The van der Waals surface area contributed by atoms with Crippen molar-refractivity contribution in [3.63, 3.8) is 0 Å². The summed E-state index contributed by atoms with van der Waals surface area (Å²) in [6, 6.07) is 2.54. The Hall–Kier alpha value is -1.45. The van der Waals surface area contributed by atoms with Crippen LogP contribution in [-0.2, 0) is 0 Å². The molecule has 1 amide bonds. The van der Waals surface area contributed by atoms with Crippen LogP contribution in [0.2, 0.25) is 0 Å². The first-order chi connectivity index (χ1) is 8.63. The van der Waals surface area contributed by atoms with Crippen LogP contribution in [0.4, 0.5) is 5.69 Å². The molecule has 2 saturated carbocycles. The van der Waals surface area contributed by atoms with Gasteiger partial charge in [0.25, 0.3) is 5.91 Å². The number of nitrogens with two attached hydrogens (primary N) is 1. The van der Waals surface area contributed by atoms with Gasteiger partial charge in [-0.25, -0.2) is 0 Å². The van der Waals surface area contributed by atoms with E-state index in [9.17, 15) is 4.79 Å². The maximum absolute atomic E-state index is 12.2. The molecule has 0 saturated heterocycles. The van der Waals surface area contributed by atoms with Gasteiger partial charge in [0.1, 0.15) is 5.69 Å². The highest BCUT2D eigenvalue weighted by Crippen LogP contribution is 2.37. The molecule has 4 heteroatoms. The summed E-state index contributed by atoms with van der Waals surface area (Å²) in [5, 5.41) is 3.09. The Morgan fingerprint density at radius 1 is 1.50 bits per heavy atom. The molecule has 4 nitrogen and oxygen atoms in total. The molecule has 0 aliphatic heterocycles. The molecule has 1 atom stereocenters. The van der Waals surface area contributed by atoms with Gasteiger partial charge < -0.3 is 15.6 Å². The number of carbonyl (C=O) groups excluding carboxylic acids is 1. The van der Waals surface area contributed by atoms with Crippen molar-refractivity contribution in [2.24, 2.45) is 5.92 Å². The van der Waals surface area contributed by atoms with Crippen molar-refractivity contribution in [2.75, 3.05) is 5.73 Å². The zero-order chi connectivity index (χ0) is 12.7. The van der Waals surface area contributed by atoms with Gasteiger partial charge in [-0.15, -0.1) is 0 Å². The maximum Gasteiger partial charge on any atom is 0.268 e. The first-order valence-corrected chi connectivity index (χ1v) is 6.91. The predicted octanol–water partition coefficient (Wildman–Crippen LogP) is 2.32. The fraction of sp³-hybridized carbons (Fsp3) is 0.643. The second-order valence-corrected chi connectivity index (χ2v) is 5.85. The minimum Gasteiger partial charge on any atom is -0.397 e. The van der Waals surface area contributed by atoms with Crippen LogP contribution in [0.15, 0.2) is 12.3 Å². The highest BCUT2D eigenvalue weighted by molar-refractivity contribution is 5.94. The first kappa shape index (κ1) is 11.6. The molecule has 2 aliphatic carbocycles. The molecule has 1 unspecified atom stereocenters. The summed E-state index contributed by atoms with van der Waals surface area (Å²) in [7, 11) is 0. The van der Waals surface area contributed by atoms with E-state index in [1.807, 2.05) is 10.8 Å². The summed E-state index contributed by atoms with van der Waals surface area (Å²) < 4.78 is 2.04. The largest absolute Gasteiger partial charge is 0.397 e. The number of nitrogens with one attached hydrogen (secondary N) is 1. The van der Waals surface area contributed by atoms with Crippen LogP contribution in [0.5, 0.6) is 0 Å². The van der Waals surface area contributed by atoms with Crippen LogP contribution in [-0.4, -0.2) is 16.5 Å². The quantitative estimate of drug-likeness (QED) is 0.839. The summed E-state index contributed by atoms with van der Waals surface area (Å²) in [6.45, 7) is 2.09. The highest BCUT2D eigenvalue weighted by atomic mass is 16.2. The van der Waals surface area contributed by atoms with E-state index >= 15 is 0 Å². The Bertz CT molecular complexity index is 458. The second kappa shape index (κ2) is 4.34. The van der Waals surface area contributed by atoms with Gasteiger partial charge in [0.15, 0.2) is 0 Å². The third kappa shape index (κ3) is 2.52. The molecule has 2 fully saturated rings. The number of rotatable bonds is 5. The molecule has 3 N–H and O–H groups in total. The summed E-state index contributed by atoms with van der Waals surface area (Å²) in [5.41, 5.74) is 7.21.